The van der Waals surface area contributed by atoms with Crippen LogP contribution in [0.5, 0.6) is 5.75 Å². The number of aromatic nitrogens is 2. The summed E-state index contributed by atoms with van der Waals surface area (Å²) in [6.07, 6.45) is 0. The van der Waals surface area contributed by atoms with Gasteiger partial charge in [-0.2, -0.15) is 0 Å². The van der Waals surface area contributed by atoms with Crippen molar-refractivity contribution in [2.24, 2.45) is 0 Å². The Kier molecular flexibility index (Phi) is 5.90. The van der Waals surface area contributed by atoms with Crippen molar-refractivity contribution >= 4 is 27.6 Å². The van der Waals surface area contributed by atoms with E-state index in [9.17, 15) is 14.4 Å². The number of hydrogen-bond acceptors (Lipinski definition) is 4. The molecule has 3 N–H and O–H groups in total. The second-order valence-corrected chi connectivity index (χ2v) is 8.86. The van der Waals surface area contributed by atoms with Gasteiger partial charge in [-0.3, -0.25) is 14.4 Å². The van der Waals surface area contributed by atoms with E-state index in [1.807, 2.05) is 68.4 Å². The third kappa shape index (κ3) is 4.38. The first kappa shape index (κ1) is 23.1. The number of hydrogen-bond donors (Lipinski definition) is 3. The maximum Gasteiger partial charge on any atom is 0.253 e. The molecule has 1 amide bonds. The molecular formula is C29H25N3O4. The zero-order chi connectivity index (χ0) is 25.4. The van der Waals surface area contributed by atoms with E-state index in [0.29, 0.717) is 22.0 Å². The predicted molar refractivity (Wildman–Crippen MR) is 142 cm³/mol. The minimum Gasteiger partial charge on any atom is -0.497 e. The number of rotatable bonds is 5. The number of pyridine rings is 2. The quantitative estimate of drug-likeness (QED) is 0.343. The number of methoxy groups -OCH3 is 1. The molecular weight excluding hydrogens is 454 g/mol. The van der Waals surface area contributed by atoms with Crippen molar-refractivity contribution in [1.29, 1.82) is 0 Å². The minimum atomic E-state index is -0.334. The molecule has 2 heterocycles. The minimum absolute atomic E-state index is 0.0904. The fourth-order valence-corrected chi connectivity index (χ4v) is 4.52. The van der Waals surface area contributed by atoms with E-state index in [1.165, 1.54) is 6.07 Å². The molecule has 7 nitrogen and oxygen atoms in total. The van der Waals surface area contributed by atoms with Crippen LogP contribution in [0, 0.1) is 13.8 Å². The van der Waals surface area contributed by atoms with E-state index >= 15 is 0 Å². The first-order chi connectivity index (χ1) is 17.3. The lowest BCUT2D eigenvalue weighted by molar-refractivity contribution is 0.0952. The molecule has 0 aliphatic rings. The van der Waals surface area contributed by atoms with Gasteiger partial charge >= 0.3 is 0 Å². The standard InChI is InChI=1S/C29H25N3O4/c1-16-10-17(2)31-29(35)25(16)15-30-28(34)24-13-21(14-26-23(24)8-9-27(33)32-26)19-4-5-20-12-22(36-3)7-6-18(20)11-19/h4-14H,15H2,1-3H3,(H,30,34)(H,31,35)(H,32,33). The van der Waals surface area contributed by atoms with Crippen LogP contribution in [0.15, 0.2) is 76.3 Å². The Morgan fingerprint density at radius 1 is 0.861 bits per heavy atom. The Hall–Kier alpha value is -4.65. The fourth-order valence-electron chi connectivity index (χ4n) is 4.52. The lowest BCUT2D eigenvalue weighted by Crippen LogP contribution is -2.28. The van der Waals surface area contributed by atoms with Crippen LogP contribution in [0.3, 0.4) is 0 Å². The van der Waals surface area contributed by atoms with E-state index in [4.69, 9.17) is 4.74 Å². The van der Waals surface area contributed by atoms with Gasteiger partial charge in [0, 0.05) is 40.3 Å². The lowest BCUT2D eigenvalue weighted by Gasteiger charge is -2.13. The molecule has 0 radical (unpaired) electrons. The maximum atomic E-state index is 13.3. The Bertz CT molecular complexity index is 1770. The average molecular weight is 480 g/mol. The first-order valence-electron chi connectivity index (χ1n) is 11.6. The van der Waals surface area contributed by atoms with Gasteiger partial charge in [-0.15, -0.1) is 0 Å². The van der Waals surface area contributed by atoms with Crippen molar-refractivity contribution in [1.82, 2.24) is 15.3 Å². The van der Waals surface area contributed by atoms with Gasteiger partial charge < -0.3 is 20.0 Å². The van der Waals surface area contributed by atoms with Gasteiger partial charge in [-0.25, -0.2) is 0 Å². The molecule has 0 fully saturated rings. The highest BCUT2D eigenvalue weighted by molar-refractivity contribution is 6.08. The van der Waals surface area contributed by atoms with E-state index in [1.54, 1.807) is 13.2 Å². The summed E-state index contributed by atoms with van der Waals surface area (Å²) in [6, 6.07) is 20.4. The van der Waals surface area contributed by atoms with E-state index in [2.05, 4.69) is 15.3 Å². The molecule has 0 saturated carbocycles. The molecule has 180 valence electrons. The number of aromatic amines is 2. The molecule has 2 aromatic heterocycles. The molecule has 0 atom stereocenters. The number of H-pyrrole nitrogens is 2. The highest BCUT2D eigenvalue weighted by atomic mass is 16.5. The fraction of sp³-hybridized carbons (Fsp3) is 0.138. The Morgan fingerprint density at radius 2 is 1.64 bits per heavy atom. The summed E-state index contributed by atoms with van der Waals surface area (Å²) in [6.45, 7) is 3.76. The van der Waals surface area contributed by atoms with Crippen LogP contribution in [-0.2, 0) is 6.54 Å². The summed E-state index contributed by atoms with van der Waals surface area (Å²) >= 11 is 0. The summed E-state index contributed by atoms with van der Waals surface area (Å²) in [5.41, 5.74) is 4.28. The first-order valence-corrected chi connectivity index (χ1v) is 11.6. The molecule has 0 bridgehead atoms. The zero-order valence-electron chi connectivity index (χ0n) is 20.2. The van der Waals surface area contributed by atoms with Crippen molar-refractivity contribution in [2.45, 2.75) is 20.4 Å². The molecule has 5 rings (SSSR count). The van der Waals surface area contributed by atoms with Gasteiger partial charge in [0.05, 0.1) is 7.11 Å². The second kappa shape index (κ2) is 9.19. The molecule has 7 heteroatoms. The van der Waals surface area contributed by atoms with Gasteiger partial charge in [0.25, 0.3) is 11.5 Å². The predicted octanol–water partition coefficient (Wildman–Crippen LogP) is 4.59. The summed E-state index contributed by atoms with van der Waals surface area (Å²) in [7, 11) is 1.63. The van der Waals surface area contributed by atoms with Crippen LogP contribution in [0.4, 0.5) is 0 Å². The number of benzene rings is 3. The van der Waals surface area contributed by atoms with Gasteiger partial charge in [0.2, 0.25) is 5.56 Å². The molecule has 0 unspecified atom stereocenters. The van der Waals surface area contributed by atoms with Crippen molar-refractivity contribution in [3.8, 4) is 16.9 Å². The van der Waals surface area contributed by atoms with E-state index in [-0.39, 0.29) is 23.6 Å². The number of nitrogens with one attached hydrogen (secondary N) is 3. The Balaban J connectivity index is 1.56. The summed E-state index contributed by atoms with van der Waals surface area (Å²) < 4.78 is 5.31. The van der Waals surface area contributed by atoms with Crippen molar-refractivity contribution in [2.75, 3.05) is 7.11 Å². The average Bonchev–Trinajstić information content (AvgIpc) is 2.86. The van der Waals surface area contributed by atoms with Crippen molar-refractivity contribution in [3.05, 3.63) is 110 Å². The largest absolute Gasteiger partial charge is 0.497 e. The van der Waals surface area contributed by atoms with Gasteiger partial charge in [-0.05, 0) is 83.8 Å². The van der Waals surface area contributed by atoms with E-state index in [0.717, 1.165) is 38.9 Å². The SMILES string of the molecule is COc1ccc2cc(-c3cc(C(=O)NCc4c(C)cc(C)[nH]c4=O)c4ccc(=O)[nH]c4c3)ccc2c1. The van der Waals surface area contributed by atoms with Gasteiger partial charge in [0.15, 0.2) is 0 Å². The molecule has 0 aliphatic heterocycles. The summed E-state index contributed by atoms with van der Waals surface area (Å²) in [4.78, 5) is 43.4. The van der Waals surface area contributed by atoms with Gasteiger partial charge in [-0.1, -0.05) is 18.2 Å². The topological polar surface area (TPSA) is 104 Å². The Labute approximate surface area is 206 Å². The number of fused-ring (bicyclic) bond motifs is 2. The molecule has 0 spiro atoms. The Morgan fingerprint density at radius 3 is 2.42 bits per heavy atom. The molecule has 5 aromatic rings. The third-order valence-corrected chi connectivity index (χ3v) is 6.38. The summed E-state index contributed by atoms with van der Waals surface area (Å²) in [5.74, 6) is 0.443. The van der Waals surface area contributed by atoms with Crippen LogP contribution in [0.25, 0.3) is 32.8 Å². The maximum absolute atomic E-state index is 13.3. The number of ether oxygens (including phenoxy) is 1. The lowest BCUT2D eigenvalue weighted by atomic mass is 9.96. The zero-order valence-corrected chi connectivity index (χ0v) is 20.2. The van der Waals surface area contributed by atoms with Crippen LogP contribution in [0.1, 0.15) is 27.2 Å². The number of carbonyl (C=O) groups is 1. The van der Waals surface area contributed by atoms with Crippen LogP contribution in [-0.4, -0.2) is 23.0 Å². The second-order valence-electron chi connectivity index (χ2n) is 8.86. The molecule has 36 heavy (non-hydrogen) atoms. The van der Waals surface area contributed by atoms with Crippen molar-refractivity contribution in [3.63, 3.8) is 0 Å². The smallest absolute Gasteiger partial charge is 0.253 e. The molecule has 0 saturated heterocycles. The van der Waals surface area contributed by atoms with Crippen molar-refractivity contribution < 1.29 is 9.53 Å². The van der Waals surface area contributed by atoms with Crippen LogP contribution < -0.4 is 21.2 Å². The number of aryl methyl sites for hydroxylation is 2. The number of carbonyl (C=O) groups excluding carboxylic acids is 1. The third-order valence-electron chi connectivity index (χ3n) is 6.38. The normalized spacial score (nSPS) is 11.1. The highest BCUT2D eigenvalue weighted by Gasteiger charge is 2.15. The van der Waals surface area contributed by atoms with Crippen LogP contribution >= 0.6 is 0 Å². The summed E-state index contributed by atoms with van der Waals surface area (Å²) in [5, 5.41) is 5.56. The monoisotopic (exact) mass is 479 g/mol. The van der Waals surface area contributed by atoms with Crippen LogP contribution in [0.2, 0.25) is 0 Å². The van der Waals surface area contributed by atoms with E-state index < -0.39 is 0 Å². The molecule has 0 aliphatic carbocycles. The molecule has 3 aromatic carbocycles. The number of amides is 1. The van der Waals surface area contributed by atoms with Gasteiger partial charge in [0.1, 0.15) is 5.75 Å². The highest BCUT2D eigenvalue weighted by Crippen LogP contribution is 2.30.